The highest BCUT2D eigenvalue weighted by molar-refractivity contribution is 5.96. The zero-order valence-corrected chi connectivity index (χ0v) is 12.2. The summed E-state index contributed by atoms with van der Waals surface area (Å²) >= 11 is 0. The van der Waals surface area contributed by atoms with Gasteiger partial charge in [0, 0.05) is 5.56 Å². The first-order chi connectivity index (χ1) is 10.6. The number of benzene rings is 2. The van der Waals surface area contributed by atoms with E-state index in [9.17, 15) is 9.59 Å². The second-order valence-electron chi connectivity index (χ2n) is 4.64. The van der Waals surface area contributed by atoms with Crippen molar-refractivity contribution in [3.63, 3.8) is 0 Å². The minimum Gasteiger partial charge on any atom is -0.490 e. The van der Waals surface area contributed by atoms with Crippen molar-refractivity contribution in [2.75, 3.05) is 13.2 Å². The van der Waals surface area contributed by atoms with E-state index in [4.69, 9.17) is 15.2 Å². The number of para-hydroxylation sites is 1. The van der Waals surface area contributed by atoms with Gasteiger partial charge < -0.3 is 15.2 Å². The Morgan fingerprint density at radius 3 is 2.23 bits per heavy atom. The van der Waals surface area contributed by atoms with Crippen molar-refractivity contribution in [2.24, 2.45) is 5.73 Å². The van der Waals surface area contributed by atoms with Crippen LogP contribution in [0.2, 0.25) is 0 Å². The molecule has 0 aromatic heterocycles. The number of ether oxygens (including phenoxy) is 2. The van der Waals surface area contributed by atoms with Crippen molar-refractivity contribution in [1.29, 1.82) is 0 Å². The number of primary amides is 1. The van der Waals surface area contributed by atoms with Crippen LogP contribution in [0.4, 0.5) is 0 Å². The Hall–Kier alpha value is -2.82. The lowest BCUT2D eigenvalue weighted by atomic mass is 10.1. The molecule has 0 heterocycles. The fourth-order valence-corrected chi connectivity index (χ4v) is 1.91. The average molecular weight is 299 g/mol. The maximum Gasteiger partial charge on any atom is 0.248 e. The SMILES string of the molecule is CC(=O)c1ccccc1OCCOc1ccc(C(N)=O)cc1. The number of hydrogen-bond donors (Lipinski definition) is 1. The number of nitrogens with two attached hydrogens (primary N) is 1. The van der Waals surface area contributed by atoms with Gasteiger partial charge >= 0.3 is 0 Å². The quantitative estimate of drug-likeness (QED) is 0.629. The second kappa shape index (κ2) is 7.26. The third-order valence-corrected chi connectivity index (χ3v) is 3.01. The van der Waals surface area contributed by atoms with Gasteiger partial charge in [-0.05, 0) is 43.3 Å². The number of ketones is 1. The third-order valence-electron chi connectivity index (χ3n) is 3.01. The summed E-state index contributed by atoms with van der Waals surface area (Å²) in [5.74, 6) is 0.644. The molecule has 2 N–H and O–H groups in total. The van der Waals surface area contributed by atoms with Crippen molar-refractivity contribution in [3.8, 4) is 11.5 Å². The summed E-state index contributed by atoms with van der Waals surface area (Å²) in [6.07, 6.45) is 0. The monoisotopic (exact) mass is 299 g/mol. The number of carbonyl (C=O) groups is 2. The number of Topliss-reactive ketones (excluding diaryl/α,β-unsaturated/α-hetero) is 1. The molecule has 5 heteroatoms. The van der Waals surface area contributed by atoms with Gasteiger partial charge in [-0.15, -0.1) is 0 Å². The standard InChI is InChI=1S/C17H17NO4/c1-12(19)15-4-2-3-5-16(15)22-11-10-21-14-8-6-13(7-9-14)17(18)20/h2-9H,10-11H2,1H3,(H2,18,20). The zero-order chi connectivity index (χ0) is 15.9. The van der Waals surface area contributed by atoms with Crippen LogP contribution in [0.25, 0.3) is 0 Å². The Labute approximate surface area is 128 Å². The lowest BCUT2D eigenvalue weighted by Gasteiger charge is -2.10. The van der Waals surface area contributed by atoms with Crippen LogP contribution in [0.5, 0.6) is 11.5 Å². The molecule has 0 fully saturated rings. The van der Waals surface area contributed by atoms with Gasteiger partial charge in [0.25, 0.3) is 0 Å². The number of rotatable bonds is 7. The molecule has 0 atom stereocenters. The van der Waals surface area contributed by atoms with Crippen LogP contribution < -0.4 is 15.2 Å². The highest BCUT2D eigenvalue weighted by Gasteiger charge is 2.07. The van der Waals surface area contributed by atoms with E-state index >= 15 is 0 Å². The van der Waals surface area contributed by atoms with Crippen LogP contribution in [-0.2, 0) is 0 Å². The van der Waals surface area contributed by atoms with Crippen LogP contribution in [0, 0.1) is 0 Å². The molecule has 1 amide bonds. The summed E-state index contributed by atoms with van der Waals surface area (Å²) in [5, 5.41) is 0. The molecule has 0 saturated heterocycles. The summed E-state index contributed by atoms with van der Waals surface area (Å²) < 4.78 is 11.1. The van der Waals surface area contributed by atoms with Crippen LogP contribution in [0.1, 0.15) is 27.6 Å². The minimum atomic E-state index is -0.476. The molecule has 2 aromatic carbocycles. The van der Waals surface area contributed by atoms with Gasteiger partial charge in [-0.25, -0.2) is 0 Å². The van der Waals surface area contributed by atoms with Gasteiger partial charge in [0.2, 0.25) is 5.91 Å². The molecule has 2 aromatic rings. The molecule has 114 valence electrons. The maximum atomic E-state index is 11.5. The Balaban J connectivity index is 1.85. The van der Waals surface area contributed by atoms with Crippen molar-refractivity contribution >= 4 is 11.7 Å². The lowest BCUT2D eigenvalue weighted by molar-refractivity contribution is 0.0994. The molecule has 2 rings (SSSR count). The van der Waals surface area contributed by atoms with E-state index in [1.54, 1.807) is 42.5 Å². The molecule has 0 aliphatic rings. The van der Waals surface area contributed by atoms with Crippen LogP contribution in [0.3, 0.4) is 0 Å². The van der Waals surface area contributed by atoms with E-state index in [-0.39, 0.29) is 5.78 Å². The topological polar surface area (TPSA) is 78.6 Å². The average Bonchev–Trinajstić information content (AvgIpc) is 2.52. The van der Waals surface area contributed by atoms with E-state index in [1.807, 2.05) is 6.07 Å². The zero-order valence-electron chi connectivity index (χ0n) is 12.2. The van der Waals surface area contributed by atoms with Crippen molar-refractivity contribution < 1.29 is 19.1 Å². The molecular weight excluding hydrogens is 282 g/mol. The number of carbonyl (C=O) groups excluding carboxylic acids is 2. The first-order valence-electron chi connectivity index (χ1n) is 6.83. The summed E-state index contributed by atoms with van der Waals surface area (Å²) in [5.41, 5.74) is 6.14. The van der Waals surface area contributed by atoms with E-state index in [2.05, 4.69) is 0 Å². The Bertz CT molecular complexity index is 665. The van der Waals surface area contributed by atoms with Crippen molar-refractivity contribution in [3.05, 3.63) is 59.7 Å². The molecule has 0 bridgehead atoms. The lowest BCUT2D eigenvalue weighted by Crippen LogP contribution is -2.12. The van der Waals surface area contributed by atoms with E-state index in [0.717, 1.165) is 0 Å². The maximum absolute atomic E-state index is 11.5. The molecule has 0 spiro atoms. The predicted molar refractivity (Wildman–Crippen MR) is 82.4 cm³/mol. The molecule has 22 heavy (non-hydrogen) atoms. The molecular formula is C17H17NO4. The van der Waals surface area contributed by atoms with Crippen LogP contribution in [0.15, 0.2) is 48.5 Å². The van der Waals surface area contributed by atoms with Gasteiger partial charge in [-0.3, -0.25) is 9.59 Å². The Morgan fingerprint density at radius 2 is 1.59 bits per heavy atom. The van der Waals surface area contributed by atoms with E-state index in [0.29, 0.717) is 35.8 Å². The Kier molecular flexibility index (Phi) is 5.14. The third kappa shape index (κ3) is 4.09. The summed E-state index contributed by atoms with van der Waals surface area (Å²) in [7, 11) is 0. The Morgan fingerprint density at radius 1 is 0.955 bits per heavy atom. The van der Waals surface area contributed by atoms with Gasteiger partial charge in [-0.1, -0.05) is 12.1 Å². The van der Waals surface area contributed by atoms with Gasteiger partial charge in [0.05, 0.1) is 5.56 Å². The number of hydrogen-bond acceptors (Lipinski definition) is 4. The van der Waals surface area contributed by atoms with E-state index < -0.39 is 5.91 Å². The fraction of sp³-hybridized carbons (Fsp3) is 0.176. The van der Waals surface area contributed by atoms with Crippen LogP contribution in [-0.4, -0.2) is 24.9 Å². The van der Waals surface area contributed by atoms with Crippen molar-refractivity contribution in [2.45, 2.75) is 6.92 Å². The molecule has 0 saturated carbocycles. The highest BCUT2D eigenvalue weighted by Crippen LogP contribution is 2.18. The minimum absolute atomic E-state index is 0.0430. The molecule has 0 aliphatic carbocycles. The second-order valence-corrected chi connectivity index (χ2v) is 4.64. The normalized spacial score (nSPS) is 10.0. The van der Waals surface area contributed by atoms with E-state index in [1.165, 1.54) is 6.92 Å². The molecule has 0 unspecified atom stereocenters. The smallest absolute Gasteiger partial charge is 0.248 e. The van der Waals surface area contributed by atoms with Gasteiger partial charge in [-0.2, -0.15) is 0 Å². The number of amides is 1. The first-order valence-corrected chi connectivity index (χ1v) is 6.83. The highest BCUT2D eigenvalue weighted by atomic mass is 16.5. The van der Waals surface area contributed by atoms with Gasteiger partial charge in [0.1, 0.15) is 24.7 Å². The van der Waals surface area contributed by atoms with Gasteiger partial charge in [0.15, 0.2) is 5.78 Å². The largest absolute Gasteiger partial charge is 0.490 e. The first kappa shape index (κ1) is 15.6. The summed E-state index contributed by atoms with van der Waals surface area (Å²) in [4.78, 5) is 22.4. The summed E-state index contributed by atoms with van der Waals surface area (Å²) in [6.45, 7) is 2.13. The molecule has 0 radical (unpaired) electrons. The van der Waals surface area contributed by atoms with Crippen LogP contribution >= 0.6 is 0 Å². The molecule has 5 nitrogen and oxygen atoms in total. The summed E-state index contributed by atoms with van der Waals surface area (Å²) in [6, 6.07) is 13.6. The predicted octanol–water partition coefficient (Wildman–Crippen LogP) is 2.45. The molecule has 0 aliphatic heterocycles. The van der Waals surface area contributed by atoms with Crippen molar-refractivity contribution in [1.82, 2.24) is 0 Å². The fourth-order valence-electron chi connectivity index (χ4n) is 1.91.